The second kappa shape index (κ2) is 7.10. The molecule has 0 saturated heterocycles. The van der Waals surface area contributed by atoms with Crippen LogP contribution in [0.4, 0.5) is 0 Å². The molecule has 102 valence electrons. The van der Waals surface area contributed by atoms with Crippen LogP contribution >= 0.6 is 27.5 Å². The molecule has 1 aromatic carbocycles. The highest BCUT2D eigenvalue weighted by Crippen LogP contribution is 2.31. The number of ether oxygens (including phenoxy) is 1. The number of halogens is 2. The van der Waals surface area contributed by atoms with Crippen LogP contribution in [0, 0.1) is 0 Å². The maximum Gasteiger partial charge on any atom is 0.135 e. The molecule has 5 heteroatoms. The first-order valence-corrected chi connectivity index (χ1v) is 7.11. The fraction of sp³-hybridized carbons (Fsp3) is 0.286. The number of rotatable bonds is 6. The fourth-order valence-electron chi connectivity index (χ4n) is 1.69. The summed E-state index contributed by atoms with van der Waals surface area (Å²) in [5, 5.41) is 3.90. The van der Waals surface area contributed by atoms with Gasteiger partial charge < -0.3 is 14.5 Å². The standard InChI is InChI=1S/C14H15BrClNO2/c1-18-7-6-17-9-11-3-5-14(19-11)12-4-2-10(15)8-13(12)16/h2-5,8,17H,6-7,9H2,1H3. The SMILES string of the molecule is COCCNCc1ccc(-c2ccc(Br)cc2Cl)o1. The Kier molecular flexibility index (Phi) is 5.45. The van der Waals surface area contributed by atoms with Crippen molar-refractivity contribution >= 4 is 27.5 Å². The van der Waals surface area contributed by atoms with E-state index in [2.05, 4.69) is 21.2 Å². The van der Waals surface area contributed by atoms with Crippen molar-refractivity contribution in [3.8, 4) is 11.3 Å². The van der Waals surface area contributed by atoms with E-state index in [1.165, 1.54) is 0 Å². The lowest BCUT2D eigenvalue weighted by atomic mass is 10.2. The van der Waals surface area contributed by atoms with Gasteiger partial charge in [-0.2, -0.15) is 0 Å². The van der Waals surface area contributed by atoms with Crippen molar-refractivity contribution in [3.05, 3.63) is 45.6 Å². The minimum absolute atomic E-state index is 0.669. The maximum absolute atomic E-state index is 6.20. The summed E-state index contributed by atoms with van der Waals surface area (Å²) in [5.74, 6) is 1.66. The largest absolute Gasteiger partial charge is 0.460 e. The zero-order valence-corrected chi connectivity index (χ0v) is 12.9. The Bertz CT molecular complexity index is 542. The summed E-state index contributed by atoms with van der Waals surface area (Å²) in [6.07, 6.45) is 0. The summed E-state index contributed by atoms with van der Waals surface area (Å²) < 4.78 is 11.7. The van der Waals surface area contributed by atoms with E-state index < -0.39 is 0 Å². The molecule has 1 aromatic heterocycles. The van der Waals surface area contributed by atoms with Crippen LogP contribution < -0.4 is 5.32 Å². The number of nitrogens with one attached hydrogen (secondary N) is 1. The lowest BCUT2D eigenvalue weighted by Crippen LogP contribution is -2.18. The van der Waals surface area contributed by atoms with E-state index in [4.69, 9.17) is 20.8 Å². The monoisotopic (exact) mass is 343 g/mol. The van der Waals surface area contributed by atoms with Crippen LogP contribution in [0.15, 0.2) is 39.2 Å². The van der Waals surface area contributed by atoms with E-state index in [1.807, 2.05) is 30.3 Å². The number of hydrogen-bond donors (Lipinski definition) is 1. The van der Waals surface area contributed by atoms with Gasteiger partial charge in [-0.25, -0.2) is 0 Å². The van der Waals surface area contributed by atoms with Crippen molar-refractivity contribution in [2.24, 2.45) is 0 Å². The van der Waals surface area contributed by atoms with Crippen molar-refractivity contribution in [1.82, 2.24) is 5.32 Å². The van der Waals surface area contributed by atoms with Gasteiger partial charge in [0.1, 0.15) is 11.5 Å². The predicted octanol–water partition coefficient (Wildman–Crippen LogP) is 4.10. The molecule has 3 nitrogen and oxygen atoms in total. The van der Waals surface area contributed by atoms with Gasteiger partial charge in [0.05, 0.1) is 18.2 Å². The fourth-order valence-corrected chi connectivity index (χ4v) is 2.46. The van der Waals surface area contributed by atoms with Crippen LogP contribution in [0.2, 0.25) is 5.02 Å². The predicted molar refractivity (Wildman–Crippen MR) is 80.4 cm³/mol. The Balaban J connectivity index is 2.04. The molecule has 0 amide bonds. The third-order valence-electron chi connectivity index (χ3n) is 2.64. The van der Waals surface area contributed by atoms with E-state index in [1.54, 1.807) is 7.11 Å². The van der Waals surface area contributed by atoms with Gasteiger partial charge in [-0.3, -0.25) is 0 Å². The summed E-state index contributed by atoms with van der Waals surface area (Å²) in [6, 6.07) is 9.62. The molecule has 1 heterocycles. The average Bonchev–Trinajstić information content (AvgIpc) is 2.83. The first-order chi connectivity index (χ1) is 9.20. The molecular weight excluding hydrogens is 330 g/mol. The van der Waals surface area contributed by atoms with E-state index in [0.29, 0.717) is 18.2 Å². The summed E-state index contributed by atoms with van der Waals surface area (Å²) in [7, 11) is 1.68. The Morgan fingerprint density at radius 3 is 2.89 bits per heavy atom. The number of methoxy groups -OCH3 is 1. The molecule has 0 saturated carbocycles. The summed E-state index contributed by atoms with van der Waals surface area (Å²) in [4.78, 5) is 0. The van der Waals surface area contributed by atoms with Crippen molar-refractivity contribution in [2.45, 2.75) is 6.54 Å². The topological polar surface area (TPSA) is 34.4 Å². The highest BCUT2D eigenvalue weighted by atomic mass is 79.9. The van der Waals surface area contributed by atoms with Crippen LogP contribution in [-0.4, -0.2) is 20.3 Å². The van der Waals surface area contributed by atoms with Gasteiger partial charge >= 0.3 is 0 Å². The Morgan fingerprint density at radius 2 is 2.16 bits per heavy atom. The van der Waals surface area contributed by atoms with E-state index in [9.17, 15) is 0 Å². The summed E-state index contributed by atoms with van der Waals surface area (Å²) in [6.45, 7) is 2.16. The van der Waals surface area contributed by atoms with E-state index in [0.717, 1.165) is 28.1 Å². The molecule has 0 bridgehead atoms. The van der Waals surface area contributed by atoms with Gasteiger partial charge in [-0.1, -0.05) is 27.5 Å². The first kappa shape index (κ1) is 14.6. The van der Waals surface area contributed by atoms with Gasteiger partial charge in [-0.05, 0) is 30.3 Å². The third-order valence-corrected chi connectivity index (χ3v) is 3.45. The Morgan fingerprint density at radius 1 is 1.32 bits per heavy atom. The lowest BCUT2D eigenvalue weighted by molar-refractivity contribution is 0.198. The molecule has 0 fully saturated rings. The molecule has 19 heavy (non-hydrogen) atoms. The van der Waals surface area contributed by atoms with Crippen LogP contribution in [0.25, 0.3) is 11.3 Å². The lowest BCUT2D eigenvalue weighted by Gasteiger charge is -2.03. The summed E-state index contributed by atoms with van der Waals surface area (Å²) >= 11 is 9.58. The van der Waals surface area contributed by atoms with Crippen LogP contribution in [0.5, 0.6) is 0 Å². The number of furan rings is 1. The molecule has 1 N–H and O–H groups in total. The molecule has 0 aliphatic heterocycles. The van der Waals surface area contributed by atoms with Crippen molar-refractivity contribution in [2.75, 3.05) is 20.3 Å². The smallest absolute Gasteiger partial charge is 0.135 e. The van der Waals surface area contributed by atoms with Crippen molar-refractivity contribution < 1.29 is 9.15 Å². The highest BCUT2D eigenvalue weighted by molar-refractivity contribution is 9.10. The Hall–Kier alpha value is -0.810. The number of benzene rings is 1. The second-order valence-electron chi connectivity index (χ2n) is 4.06. The van der Waals surface area contributed by atoms with E-state index in [-0.39, 0.29) is 0 Å². The first-order valence-electron chi connectivity index (χ1n) is 5.94. The van der Waals surface area contributed by atoms with Crippen LogP contribution in [-0.2, 0) is 11.3 Å². The average molecular weight is 345 g/mol. The molecule has 0 aliphatic rings. The molecule has 0 spiro atoms. The van der Waals surface area contributed by atoms with Crippen LogP contribution in [0.3, 0.4) is 0 Å². The van der Waals surface area contributed by atoms with Gasteiger partial charge in [0, 0.05) is 23.7 Å². The molecule has 0 aliphatic carbocycles. The van der Waals surface area contributed by atoms with Crippen LogP contribution in [0.1, 0.15) is 5.76 Å². The molecule has 0 unspecified atom stereocenters. The number of hydrogen-bond acceptors (Lipinski definition) is 3. The zero-order valence-electron chi connectivity index (χ0n) is 10.6. The van der Waals surface area contributed by atoms with Crippen molar-refractivity contribution in [1.29, 1.82) is 0 Å². The molecular formula is C14H15BrClNO2. The second-order valence-corrected chi connectivity index (χ2v) is 5.38. The minimum atomic E-state index is 0.669. The van der Waals surface area contributed by atoms with Gasteiger partial charge in [0.15, 0.2) is 0 Å². The molecule has 2 aromatic rings. The van der Waals surface area contributed by atoms with Gasteiger partial charge in [0.25, 0.3) is 0 Å². The van der Waals surface area contributed by atoms with Gasteiger partial charge in [0.2, 0.25) is 0 Å². The maximum atomic E-state index is 6.20. The third kappa shape index (κ3) is 4.08. The Labute approximate surface area is 126 Å². The van der Waals surface area contributed by atoms with E-state index >= 15 is 0 Å². The minimum Gasteiger partial charge on any atom is -0.460 e. The normalized spacial score (nSPS) is 10.9. The zero-order chi connectivity index (χ0) is 13.7. The quantitative estimate of drug-likeness (QED) is 0.801. The molecule has 2 rings (SSSR count). The van der Waals surface area contributed by atoms with Crippen molar-refractivity contribution in [3.63, 3.8) is 0 Å². The highest BCUT2D eigenvalue weighted by Gasteiger charge is 2.08. The molecule has 0 atom stereocenters. The summed E-state index contributed by atoms with van der Waals surface area (Å²) in [5.41, 5.74) is 0.896. The molecule has 0 radical (unpaired) electrons. The van der Waals surface area contributed by atoms with Gasteiger partial charge in [-0.15, -0.1) is 0 Å².